The quantitative estimate of drug-likeness (QED) is 0.805. The van der Waals surface area contributed by atoms with E-state index in [4.69, 9.17) is 0 Å². The fraction of sp³-hybridized carbons (Fsp3) is 0.333. The van der Waals surface area contributed by atoms with Crippen LogP contribution in [0, 0.1) is 13.8 Å². The van der Waals surface area contributed by atoms with Crippen molar-refractivity contribution in [3.05, 3.63) is 40.2 Å². The van der Waals surface area contributed by atoms with Crippen LogP contribution in [0.3, 0.4) is 0 Å². The Kier molecular flexibility index (Phi) is 3.66. The number of carbonyl (C=O) groups excluding carboxylic acids is 1. The minimum atomic E-state index is -0.220. The molecular weight excluding hydrogens is 298 g/mol. The highest BCUT2D eigenvalue weighted by Gasteiger charge is 2.19. The highest BCUT2D eigenvalue weighted by molar-refractivity contribution is 7.18. The number of hydrogen-bond donors (Lipinski definition) is 1. The summed E-state index contributed by atoms with van der Waals surface area (Å²) in [5, 5.41) is 15.8. The maximum Gasteiger partial charge on any atom is 0.286 e. The van der Waals surface area contributed by atoms with Crippen molar-refractivity contribution in [2.75, 3.05) is 5.32 Å². The zero-order valence-corrected chi connectivity index (χ0v) is 13.7. The van der Waals surface area contributed by atoms with Crippen molar-refractivity contribution < 1.29 is 4.79 Å². The van der Waals surface area contributed by atoms with E-state index in [0.717, 1.165) is 22.6 Å². The molecule has 0 atom stereocenters. The van der Waals surface area contributed by atoms with Crippen LogP contribution in [-0.2, 0) is 0 Å². The molecule has 1 N–H and O–H groups in total. The van der Waals surface area contributed by atoms with Crippen LogP contribution in [0.2, 0.25) is 0 Å². The van der Waals surface area contributed by atoms with Gasteiger partial charge in [0.1, 0.15) is 0 Å². The van der Waals surface area contributed by atoms with E-state index in [0.29, 0.717) is 9.97 Å². The molecule has 0 bridgehead atoms. The first-order chi connectivity index (χ1) is 10.5. The standard InChI is InChI=1S/C15H17N5OS/c1-8(2)12-17-18-15-20(12)19-14(22-15)13(21)16-11-9(3)6-5-7-10(11)4/h5-8H,1-4H3,(H,16,21). The predicted molar refractivity (Wildman–Crippen MR) is 86.6 cm³/mol. The molecule has 114 valence electrons. The van der Waals surface area contributed by atoms with E-state index in [9.17, 15) is 4.79 Å². The van der Waals surface area contributed by atoms with E-state index in [1.807, 2.05) is 45.9 Å². The van der Waals surface area contributed by atoms with Gasteiger partial charge in [-0.2, -0.15) is 4.52 Å². The van der Waals surface area contributed by atoms with Gasteiger partial charge in [0.25, 0.3) is 5.91 Å². The Morgan fingerprint density at radius 2 is 1.91 bits per heavy atom. The van der Waals surface area contributed by atoms with Crippen molar-refractivity contribution >= 4 is 27.9 Å². The third kappa shape index (κ3) is 2.48. The fourth-order valence-electron chi connectivity index (χ4n) is 2.26. The number of nitrogens with one attached hydrogen (secondary N) is 1. The first kappa shape index (κ1) is 14.6. The summed E-state index contributed by atoms with van der Waals surface area (Å²) < 4.78 is 1.65. The van der Waals surface area contributed by atoms with Crippen LogP contribution >= 0.6 is 11.3 Å². The molecule has 3 aromatic rings. The van der Waals surface area contributed by atoms with Crippen LogP contribution in [0.5, 0.6) is 0 Å². The molecule has 7 heteroatoms. The van der Waals surface area contributed by atoms with Gasteiger partial charge in [-0.3, -0.25) is 4.79 Å². The van der Waals surface area contributed by atoms with Gasteiger partial charge in [-0.05, 0) is 25.0 Å². The number of para-hydroxylation sites is 1. The van der Waals surface area contributed by atoms with Crippen molar-refractivity contribution in [2.24, 2.45) is 0 Å². The molecule has 0 aliphatic rings. The summed E-state index contributed by atoms with van der Waals surface area (Å²) in [6.45, 7) is 7.98. The Morgan fingerprint density at radius 1 is 1.23 bits per heavy atom. The second-order valence-electron chi connectivity index (χ2n) is 5.54. The Hall–Kier alpha value is -2.28. The van der Waals surface area contributed by atoms with E-state index < -0.39 is 0 Å². The maximum atomic E-state index is 12.4. The Morgan fingerprint density at radius 3 is 2.55 bits per heavy atom. The molecule has 6 nitrogen and oxygen atoms in total. The zero-order chi connectivity index (χ0) is 15.9. The monoisotopic (exact) mass is 315 g/mol. The second kappa shape index (κ2) is 5.49. The number of carbonyl (C=O) groups is 1. The lowest BCUT2D eigenvalue weighted by Gasteiger charge is -2.09. The van der Waals surface area contributed by atoms with E-state index in [-0.39, 0.29) is 11.8 Å². The van der Waals surface area contributed by atoms with Crippen molar-refractivity contribution in [3.63, 3.8) is 0 Å². The Bertz CT molecular complexity index is 829. The molecule has 0 fully saturated rings. The van der Waals surface area contributed by atoms with Gasteiger partial charge in [-0.25, -0.2) is 0 Å². The Labute approximate surface area is 132 Å². The molecular formula is C15H17N5OS. The summed E-state index contributed by atoms with van der Waals surface area (Å²) in [5.41, 5.74) is 2.89. The van der Waals surface area contributed by atoms with Gasteiger partial charge in [0.2, 0.25) is 9.97 Å². The van der Waals surface area contributed by atoms with Crippen LogP contribution in [0.1, 0.15) is 46.5 Å². The van der Waals surface area contributed by atoms with Crippen molar-refractivity contribution in [2.45, 2.75) is 33.6 Å². The van der Waals surface area contributed by atoms with Gasteiger partial charge in [-0.1, -0.05) is 43.4 Å². The van der Waals surface area contributed by atoms with Crippen LogP contribution in [-0.4, -0.2) is 25.7 Å². The summed E-state index contributed by atoms with van der Waals surface area (Å²) in [6.07, 6.45) is 0. The van der Waals surface area contributed by atoms with Crippen molar-refractivity contribution in [3.8, 4) is 0 Å². The van der Waals surface area contributed by atoms with Crippen LogP contribution in [0.15, 0.2) is 18.2 Å². The molecule has 1 amide bonds. The maximum absolute atomic E-state index is 12.4. The first-order valence-electron chi connectivity index (χ1n) is 7.07. The third-order valence-electron chi connectivity index (χ3n) is 3.45. The van der Waals surface area contributed by atoms with Gasteiger partial charge in [0.15, 0.2) is 5.82 Å². The van der Waals surface area contributed by atoms with Crippen molar-refractivity contribution in [1.82, 2.24) is 19.8 Å². The molecule has 0 aliphatic heterocycles. The summed E-state index contributed by atoms with van der Waals surface area (Å²) in [6, 6.07) is 5.91. The Balaban J connectivity index is 1.92. The number of amides is 1. The van der Waals surface area contributed by atoms with Crippen LogP contribution in [0.4, 0.5) is 5.69 Å². The zero-order valence-electron chi connectivity index (χ0n) is 12.9. The van der Waals surface area contributed by atoms with Crippen LogP contribution < -0.4 is 5.32 Å². The first-order valence-corrected chi connectivity index (χ1v) is 7.88. The molecule has 22 heavy (non-hydrogen) atoms. The second-order valence-corrected chi connectivity index (χ2v) is 6.49. The lowest BCUT2D eigenvalue weighted by Crippen LogP contribution is -2.14. The normalized spacial score (nSPS) is 11.3. The number of aryl methyl sites for hydroxylation is 2. The number of benzene rings is 1. The fourth-order valence-corrected chi connectivity index (χ4v) is 3.00. The number of hydrogen-bond acceptors (Lipinski definition) is 5. The van der Waals surface area contributed by atoms with Crippen molar-refractivity contribution in [1.29, 1.82) is 0 Å². The van der Waals surface area contributed by atoms with Gasteiger partial charge < -0.3 is 5.32 Å². The van der Waals surface area contributed by atoms with Gasteiger partial charge in [0, 0.05) is 11.6 Å². The van der Waals surface area contributed by atoms with E-state index in [1.54, 1.807) is 4.52 Å². The lowest BCUT2D eigenvalue weighted by molar-refractivity contribution is 0.102. The molecule has 1 aromatic carbocycles. The average molecular weight is 315 g/mol. The number of fused-ring (bicyclic) bond motifs is 1. The molecule has 0 radical (unpaired) electrons. The van der Waals surface area contributed by atoms with Crippen LogP contribution in [0.25, 0.3) is 4.96 Å². The minimum absolute atomic E-state index is 0.201. The summed E-state index contributed by atoms with van der Waals surface area (Å²) >= 11 is 1.24. The largest absolute Gasteiger partial charge is 0.319 e. The molecule has 0 saturated heterocycles. The minimum Gasteiger partial charge on any atom is -0.319 e. The molecule has 0 saturated carbocycles. The molecule has 3 rings (SSSR count). The number of aromatic nitrogens is 4. The lowest BCUT2D eigenvalue weighted by atomic mass is 10.1. The molecule has 2 aromatic heterocycles. The SMILES string of the molecule is Cc1cccc(C)c1NC(=O)c1nn2c(C(C)C)nnc2s1. The molecule has 0 spiro atoms. The van der Waals surface area contributed by atoms with E-state index in [2.05, 4.69) is 20.6 Å². The third-order valence-corrected chi connectivity index (χ3v) is 4.34. The highest BCUT2D eigenvalue weighted by atomic mass is 32.1. The summed E-state index contributed by atoms with van der Waals surface area (Å²) in [5.74, 6) is 0.742. The molecule has 2 heterocycles. The molecule has 0 unspecified atom stereocenters. The smallest absolute Gasteiger partial charge is 0.286 e. The number of anilines is 1. The van der Waals surface area contributed by atoms with Gasteiger partial charge in [0.05, 0.1) is 0 Å². The predicted octanol–water partition coefficient (Wildman–Crippen LogP) is 3.18. The summed E-state index contributed by atoms with van der Waals surface area (Å²) in [4.78, 5) is 13.1. The number of rotatable bonds is 3. The summed E-state index contributed by atoms with van der Waals surface area (Å²) in [7, 11) is 0. The van der Waals surface area contributed by atoms with E-state index >= 15 is 0 Å². The highest BCUT2D eigenvalue weighted by Crippen LogP contribution is 2.22. The average Bonchev–Trinajstić information content (AvgIpc) is 3.02. The van der Waals surface area contributed by atoms with Gasteiger partial charge in [-0.15, -0.1) is 15.3 Å². The van der Waals surface area contributed by atoms with Gasteiger partial charge >= 0.3 is 0 Å². The molecule has 0 aliphatic carbocycles. The topological polar surface area (TPSA) is 72.2 Å². The van der Waals surface area contributed by atoms with E-state index in [1.165, 1.54) is 11.3 Å². The number of nitrogens with zero attached hydrogens (tertiary/aromatic N) is 4.